The van der Waals surface area contributed by atoms with Crippen LogP contribution in [0.3, 0.4) is 0 Å². The Hall–Kier alpha value is -4.12. The average Bonchev–Trinajstić information content (AvgIpc) is 2.83. The number of carbonyl (C=O) groups excluding carboxylic acids is 1. The lowest BCUT2D eigenvalue weighted by Crippen LogP contribution is -2.38. The van der Waals surface area contributed by atoms with Crippen LogP contribution in [0, 0.1) is 24.0 Å². The molecule has 0 saturated carbocycles. The summed E-state index contributed by atoms with van der Waals surface area (Å²) in [5, 5.41) is 13.7. The Labute approximate surface area is 203 Å². The van der Waals surface area contributed by atoms with Gasteiger partial charge in [-0.3, -0.25) is 19.2 Å². The van der Waals surface area contributed by atoms with Gasteiger partial charge in [0.1, 0.15) is 18.0 Å². The van der Waals surface area contributed by atoms with Crippen LogP contribution in [0.1, 0.15) is 11.1 Å². The van der Waals surface area contributed by atoms with Gasteiger partial charge in [0.15, 0.2) is 0 Å². The van der Waals surface area contributed by atoms with Crippen LogP contribution in [0.25, 0.3) is 0 Å². The molecule has 35 heavy (non-hydrogen) atoms. The van der Waals surface area contributed by atoms with Crippen LogP contribution < -0.4 is 19.1 Å². The van der Waals surface area contributed by atoms with Crippen LogP contribution in [0.4, 0.5) is 17.1 Å². The molecule has 0 spiro atoms. The van der Waals surface area contributed by atoms with Crippen LogP contribution in [0.5, 0.6) is 11.5 Å². The van der Waals surface area contributed by atoms with E-state index in [1.165, 1.54) is 56.7 Å². The van der Waals surface area contributed by atoms with Crippen molar-refractivity contribution in [2.75, 3.05) is 30.4 Å². The highest BCUT2D eigenvalue weighted by molar-refractivity contribution is 7.92. The number of aryl methyl sites for hydroxylation is 2. The third kappa shape index (κ3) is 5.69. The van der Waals surface area contributed by atoms with Crippen LogP contribution >= 0.6 is 0 Å². The third-order valence-corrected chi connectivity index (χ3v) is 7.03. The number of carbonyl (C=O) groups is 1. The molecule has 3 rings (SSSR count). The maximum absolute atomic E-state index is 13.6. The summed E-state index contributed by atoms with van der Waals surface area (Å²) in [5.74, 6) is -0.0727. The summed E-state index contributed by atoms with van der Waals surface area (Å²) in [6, 6.07) is 14.8. The fourth-order valence-corrected chi connectivity index (χ4v) is 4.74. The number of hydrogen-bond acceptors (Lipinski definition) is 7. The number of amides is 1. The highest BCUT2D eigenvalue weighted by Gasteiger charge is 2.30. The minimum atomic E-state index is -4.20. The lowest BCUT2D eigenvalue weighted by atomic mass is 10.2. The van der Waals surface area contributed by atoms with E-state index in [-0.39, 0.29) is 27.7 Å². The summed E-state index contributed by atoms with van der Waals surface area (Å²) in [6.45, 7) is 2.89. The summed E-state index contributed by atoms with van der Waals surface area (Å²) in [7, 11) is -1.36. The predicted molar refractivity (Wildman–Crippen MR) is 132 cm³/mol. The van der Waals surface area contributed by atoms with Crippen LogP contribution in [-0.2, 0) is 14.8 Å². The summed E-state index contributed by atoms with van der Waals surface area (Å²) in [4.78, 5) is 23.6. The topological polar surface area (TPSA) is 128 Å². The predicted octanol–water partition coefficient (Wildman–Crippen LogP) is 4.06. The number of nitro groups is 1. The Morgan fingerprint density at radius 3 is 2.29 bits per heavy atom. The zero-order chi connectivity index (χ0) is 25.8. The van der Waals surface area contributed by atoms with E-state index in [1.807, 2.05) is 6.92 Å². The monoisotopic (exact) mass is 499 g/mol. The van der Waals surface area contributed by atoms with Gasteiger partial charge in [-0.05, 0) is 43.7 Å². The van der Waals surface area contributed by atoms with Gasteiger partial charge in [-0.25, -0.2) is 8.42 Å². The second-order valence-corrected chi connectivity index (χ2v) is 9.53. The van der Waals surface area contributed by atoms with Gasteiger partial charge >= 0.3 is 0 Å². The second kappa shape index (κ2) is 10.4. The SMILES string of the molecule is COc1ccc(N(CC(=O)Nc2cc([N+](=O)[O-])ccc2C)S(=O)(=O)c2ccc(C)cc2)c(OC)c1. The van der Waals surface area contributed by atoms with Crippen LogP contribution in [-0.4, -0.2) is 40.0 Å². The molecular formula is C24H25N3O7S. The van der Waals surface area contributed by atoms with Crippen molar-refractivity contribution in [3.05, 3.63) is 81.9 Å². The average molecular weight is 500 g/mol. The molecule has 0 bridgehead atoms. The number of sulfonamides is 1. The first-order valence-corrected chi connectivity index (χ1v) is 11.9. The van der Waals surface area contributed by atoms with E-state index in [1.54, 1.807) is 25.1 Å². The molecule has 0 aliphatic rings. The van der Waals surface area contributed by atoms with E-state index >= 15 is 0 Å². The zero-order valence-corrected chi connectivity index (χ0v) is 20.5. The molecule has 0 radical (unpaired) electrons. The number of nitrogens with zero attached hydrogens (tertiary/aromatic N) is 2. The minimum absolute atomic E-state index is 0.0136. The van der Waals surface area contributed by atoms with Gasteiger partial charge in [0.05, 0.1) is 35.4 Å². The van der Waals surface area contributed by atoms with Crippen LogP contribution in [0.2, 0.25) is 0 Å². The number of anilines is 2. The standard InChI is InChI=1S/C24H25N3O7S/c1-16-5-10-20(11-6-16)35(31,32)26(22-12-9-19(33-3)14-23(22)34-4)15-24(28)25-21-13-18(27(29)30)8-7-17(21)2/h5-14H,15H2,1-4H3,(H,25,28). The molecular weight excluding hydrogens is 474 g/mol. The van der Waals surface area contributed by atoms with Gasteiger partial charge in [-0.15, -0.1) is 0 Å². The fourth-order valence-electron chi connectivity index (χ4n) is 3.31. The molecule has 0 heterocycles. The number of ether oxygens (including phenoxy) is 2. The van der Waals surface area contributed by atoms with Crippen molar-refractivity contribution in [3.63, 3.8) is 0 Å². The Kier molecular flexibility index (Phi) is 7.60. The summed E-state index contributed by atoms with van der Waals surface area (Å²) in [6.07, 6.45) is 0. The zero-order valence-electron chi connectivity index (χ0n) is 19.6. The molecule has 1 amide bonds. The molecule has 1 N–H and O–H groups in total. The van der Waals surface area contributed by atoms with Crippen molar-refractivity contribution in [2.24, 2.45) is 0 Å². The van der Waals surface area contributed by atoms with E-state index in [9.17, 15) is 23.3 Å². The summed E-state index contributed by atoms with van der Waals surface area (Å²) >= 11 is 0. The van der Waals surface area contributed by atoms with E-state index in [2.05, 4.69) is 5.32 Å². The summed E-state index contributed by atoms with van der Waals surface area (Å²) < 4.78 is 38.8. The largest absolute Gasteiger partial charge is 0.497 e. The van der Waals surface area contributed by atoms with Gasteiger partial charge < -0.3 is 14.8 Å². The van der Waals surface area contributed by atoms with Gasteiger partial charge in [-0.2, -0.15) is 0 Å². The lowest BCUT2D eigenvalue weighted by Gasteiger charge is -2.26. The van der Waals surface area contributed by atoms with E-state index in [0.29, 0.717) is 11.3 Å². The second-order valence-electron chi connectivity index (χ2n) is 7.67. The molecule has 3 aromatic rings. The molecule has 11 heteroatoms. The molecule has 0 atom stereocenters. The van der Waals surface area contributed by atoms with E-state index in [4.69, 9.17) is 9.47 Å². The Morgan fingerprint density at radius 1 is 1.00 bits per heavy atom. The summed E-state index contributed by atoms with van der Waals surface area (Å²) in [5.41, 5.74) is 1.58. The molecule has 0 unspecified atom stereocenters. The number of nitrogens with one attached hydrogen (secondary N) is 1. The van der Waals surface area contributed by atoms with Crippen molar-refractivity contribution in [2.45, 2.75) is 18.7 Å². The molecule has 0 saturated heterocycles. The molecule has 184 valence electrons. The number of hydrogen-bond donors (Lipinski definition) is 1. The Balaban J connectivity index is 2.04. The normalized spacial score (nSPS) is 11.0. The lowest BCUT2D eigenvalue weighted by molar-refractivity contribution is -0.384. The van der Waals surface area contributed by atoms with Crippen molar-refractivity contribution in [1.82, 2.24) is 0 Å². The first-order chi connectivity index (χ1) is 16.6. The minimum Gasteiger partial charge on any atom is -0.497 e. The number of non-ortho nitro benzene ring substituents is 1. The Morgan fingerprint density at radius 2 is 1.69 bits per heavy atom. The van der Waals surface area contributed by atoms with Crippen molar-refractivity contribution in [3.8, 4) is 11.5 Å². The van der Waals surface area contributed by atoms with Gasteiger partial charge in [0.2, 0.25) is 5.91 Å². The van der Waals surface area contributed by atoms with Crippen molar-refractivity contribution < 1.29 is 27.6 Å². The molecule has 0 fully saturated rings. The number of nitro benzene ring substituents is 1. The Bertz CT molecular complexity index is 1360. The fraction of sp³-hybridized carbons (Fsp3) is 0.208. The highest BCUT2D eigenvalue weighted by atomic mass is 32.2. The van der Waals surface area contributed by atoms with E-state index < -0.39 is 27.4 Å². The molecule has 0 aliphatic heterocycles. The first kappa shape index (κ1) is 25.5. The smallest absolute Gasteiger partial charge is 0.271 e. The third-order valence-electron chi connectivity index (χ3n) is 5.26. The number of methoxy groups -OCH3 is 2. The van der Waals surface area contributed by atoms with Gasteiger partial charge in [-0.1, -0.05) is 23.8 Å². The maximum Gasteiger partial charge on any atom is 0.271 e. The van der Waals surface area contributed by atoms with Crippen molar-refractivity contribution >= 4 is 33.0 Å². The molecule has 0 aromatic heterocycles. The van der Waals surface area contributed by atoms with Gasteiger partial charge in [0.25, 0.3) is 15.7 Å². The quantitative estimate of drug-likeness (QED) is 0.347. The highest BCUT2D eigenvalue weighted by Crippen LogP contribution is 2.35. The molecule has 0 aliphatic carbocycles. The number of benzene rings is 3. The van der Waals surface area contributed by atoms with E-state index in [0.717, 1.165) is 9.87 Å². The maximum atomic E-state index is 13.6. The van der Waals surface area contributed by atoms with Gasteiger partial charge in [0, 0.05) is 18.2 Å². The first-order valence-electron chi connectivity index (χ1n) is 10.4. The number of rotatable bonds is 9. The molecule has 3 aromatic carbocycles. The van der Waals surface area contributed by atoms with Crippen molar-refractivity contribution in [1.29, 1.82) is 0 Å². The molecule has 10 nitrogen and oxygen atoms in total. The van der Waals surface area contributed by atoms with Crippen LogP contribution in [0.15, 0.2) is 65.6 Å².